The quantitative estimate of drug-likeness (QED) is 0.860. The smallest absolute Gasteiger partial charge is 0.317 e. The molecule has 0 aromatic heterocycles. The minimum atomic E-state index is -0.0428. The van der Waals surface area contributed by atoms with Crippen LogP contribution in [0.25, 0.3) is 0 Å². The molecule has 126 valence electrons. The largest absolute Gasteiger partial charge is 0.497 e. The predicted octanol–water partition coefficient (Wildman–Crippen LogP) is 2.84. The fraction of sp³-hybridized carbons (Fsp3) is 0.316. The number of benzene rings is 2. The number of carbonyl (C=O) groups is 1. The van der Waals surface area contributed by atoms with Crippen molar-refractivity contribution in [3.63, 3.8) is 0 Å². The van der Waals surface area contributed by atoms with Crippen LogP contribution in [0.5, 0.6) is 11.5 Å². The molecule has 0 bridgehead atoms. The van der Waals surface area contributed by atoms with Crippen LogP contribution >= 0.6 is 0 Å². The number of methoxy groups -OCH3 is 1. The molecule has 5 nitrogen and oxygen atoms in total. The number of hydrogen-bond donors (Lipinski definition) is 1. The van der Waals surface area contributed by atoms with E-state index in [2.05, 4.69) is 17.4 Å². The van der Waals surface area contributed by atoms with Gasteiger partial charge in [-0.2, -0.15) is 0 Å². The fourth-order valence-electron chi connectivity index (χ4n) is 2.80. The van der Waals surface area contributed by atoms with Gasteiger partial charge in [0.15, 0.2) is 0 Å². The Morgan fingerprint density at radius 2 is 1.92 bits per heavy atom. The summed E-state index contributed by atoms with van der Waals surface area (Å²) in [4.78, 5) is 14.1. The zero-order valence-corrected chi connectivity index (χ0v) is 13.8. The average molecular weight is 326 g/mol. The van der Waals surface area contributed by atoms with Crippen LogP contribution in [-0.2, 0) is 13.0 Å². The number of nitrogens with zero attached hydrogens (tertiary/aromatic N) is 1. The molecular weight excluding hydrogens is 304 g/mol. The molecule has 1 heterocycles. The zero-order chi connectivity index (χ0) is 16.8. The molecule has 0 atom stereocenters. The molecule has 2 aromatic rings. The van der Waals surface area contributed by atoms with Crippen molar-refractivity contribution in [2.45, 2.75) is 13.0 Å². The number of nitrogens with one attached hydrogen (secondary N) is 1. The topological polar surface area (TPSA) is 50.8 Å². The van der Waals surface area contributed by atoms with Gasteiger partial charge in [0.25, 0.3) is 0 Å². The third-order valence-corrected chi connectivity index (χ3v) is 4.11. The monoisotopic (exact) mass is 326 g/mol. The summed E-state index contributed by atoms with van der Waals surface area (Å²) >= 11 is 0. The highest BCUT2D eigenvalue weighted by molar-refractivity contribution is 5.74. The van der Waals surface area contributed by atoms with Crippen molar-refractivity contribution in [3.8, 4) is 11.5 Å². The Morgan fingerprint density at radius 3 is 2.75 bits per heavy atom. The predicted molar refractivity (Wildman–Crippen MR) is 92.4 cm³/mol. The Balaban J connectivity index is 1.43. The molecular formula is C19H22N2O3. The molecule has 0 spiro atoms. The van der Waals surface area contributed by atoms with Gasteiger partial charge in [-0.05, 0) is 29.7 Å². The van der Waals surface area contributed by atoms with Gasteiger partial charge in [-0.1, -0.05) is 30.3 Å². The minimum absolute atomic E-state index is 0.0428. The number of amides is 2. The fourth-order valence-corrected chi connectivity index (χ4v) is 2.80. The van der Waals surface area contributed by atoms with E-state index in [0.29, 0.717) is 19.7 Å². The third kappa shape index (κ3) is 3.98. The molecule has 0 aliphatic carbocycles. The van der Waals surface area contributed by atoms with Crippen molar-refractivity contribution >= 4 is 6.03 Å². The van der Waals surface area contributed by atoms with Crippen LogP contribution in [-0.4, -0.2) is 37.7 Å². The first-order valence-corrected chi connectivity index (χ1v) is 8.12. The summed E-state index contributed by atoms with van der Waals surface area (Å²) in [5, 5.41) is 2.91. The van der Waals surface area contributed by atoms with Crippen molar-refractivity contribution in [2.24, 2.45) is 0 Å². The first-order chi connectivity index (χ1) is 11.8. The maximum Gasteiger partial charge on any atom is 0.317 e. The molecule has 24 heavy (non-hydrogen) atoms. The van der Waals surface area contributed by atoms with E-state index in [4.69, 9.17) is 9.47 Å². The molecule has 0 radical (unpaired) electrons. The number of fused-ring (bicyclic) bond motifs is 1. The van der Waals surface area contributed by atoms with Gasteiger partial charge >= 0.3 is 6.03 Å². The lowest BCUT2D eigenvalue weighted by Gasteiger charge is -2.28. The molecule has 2 aromatic carbocycles. The van der Waals surface area contributed by atoms with Gasteiger partial charge in [0.2, 0.25) is 0 Å². The van der Waals surface area contributed by atoms with Gasteiger partial charge in [-0.15, -0.1) is 0 Å². The molecule has 3 rings (SSSR count). The summed E-state index contributed by atoms with van der Waals surface area (Å²) in [6, 6.07) is 15.7. The molecule has 1 N–H and O–H groups in total. The van der Waals surface area contributed by atoms with E-state index in [1.807, 2.05) is 41.3 Å². The summed E-state index contributed by atoms with van der Waals surface area (Å²) in [6.07, 6.45) is 0.907. The molecule has 0 saturated heterocycles. The molecule has 1 aliphatic heterocycles. The Hall–Kier alpha value is -2.69. The lowest BCUT2D eigenvalue weighted by atomic mass is 10.0. The standard InChI is InChI=1S/C19H22N2O3/c1-23-17-7-4-8-18(13-17)24-12-10-20-19(22)21-11-9-15-5-2-3-6-16(15)14-21/h2-8,13H,9-12,14H2,1H3,(H,20,22). The highest BCUT2D eigenvalue weighted by Gasteiger charge is 2.19. The summed E-state index contributed by atoms with van der Waals surface area (Å²) in [5.41, 5.74) is 2.56. The number of rotatable bonds is 5. The molecule has 1 aliphatic rings. The normalized spacial score (nSPS) is 13.1. The second-order valence-corrected chi connectivity index (χ2v) is 5.70. The van der Waals surface area contributed by atoms with Crippen LogP contribution in [0.3, 0.4) is 0 Å². The number of ether oxygens (including phenoxy) is 2. The maximum absolute atomic E-state index is 12.3. The van der Waals surface area contributed by atoms with Gasteiger partial charge in [0, 0.05) is 19.2 Å². The van der Waals surface area contributed by atoms with Crippen molar-refractivity contribution in [2.75, 3.05) is 26.8 Å². The van der Waals surface area contributed by atoms with Crippen LogP contribution in [0.4, 0.5) is 4.79 Å². The Labute approximate surface area is 142 Å². The van der Waals surface area contributed by atoms with Gasteiger partial charge in [-0.25, -0.2) is 4.79 Å². The Bertz CT molecular complexity index is 703. The van der Waals surface area contributed by atoms with Gasteiger partial charge < -0.3 is 19.7 Å². The average Bonchev–Trinajstić information content (AvgIpc) is 2.64. The van der Waals surface area contributed by atoms with Crippen LogP contribution in [0.15, 0.2) is 48.5 Å². The van der Waals surface area contributed by atoms with Crippen LogP contribution < -0.4 is 14.8 Å². The van der Waals surface area contributed by atoms with Gasteiger partial charge in [0.05, 0.1) is 13.7 Å². The number of urea groups is 1. The Kier molecular flexibility index (Phi) is 5.21. The molecule has 2 amide bonds. The second-order valence-electron chi connectivity index (χ2n) is 5.70. The Morgan fingerprint density at radius 1 is 1.12 bits per heavy atom. The summed E-state index contributed by atoms with van der Waals surface area (Å²) in [7, 11) is 1.62. The van der Waals surface area contributed by atoms with E-state index in [9.17, 15) is 4.79 Å². The summed E-state index contributed by atoms with van der Waals surface area (Å²) < 4.78 is 10.8. The van der Waals surface area contributed by atoms with E-state index in [1.165, 1.54) is 11.1 Å². The highest BCUT2D eigenvalue weighted by atomic mass is 16.5. The molecule has 0 fully saturated rings. The highest BCUT2D eigenvalue weighted by Crippen LogP contribution is 2.19. The van der Waals surface area contributed by atoms with E-state index >= 15 is 0 Å². The third-order valence-electron chi connectivity index (χ3n) is 4.11. The molecule has 5 heteroatoms. The van der Waals surface area contributed by atoms with Gasteiger partial charge in [0.1, 0.15) is 18.1 Å². The number of hydrogen-bond acceptors (Lipinski definition) is 3. The van der Waals surface area contributed by atoms with E-state index < -0.39 is 0 Å². The van der Waals surface area contributed by atoms with E-state index in [0.717, 1.165) is 24.5 Å². The lowest BCUT2D eigenvalue weighted by Crippen LogP contribution is -2.43. The van der Waals surface area contributed by atoms with Crippen molar-refractivity contribution in [1.29, 1.82) is 0 Å². The maximum atomic E-state index is 12.3. The molecule has 0 saturated carbocycles. The minimum Gasteiger partial charge on any atom is -0.497 e. The first-order valence-electron chi connectivity index (χ1n) is 8.12. The van der Waals surface area contributed by atoms with Crippen molar-refractivity contribution in [3.05, 3.63) is 59.7 Å². The van der Waals surface area contributed by atoms with Crippen molar-refractivity contribution < 1.29 is 14.3 Å². The van der Waals surface area contributed by atoms with Crippen molar-refractivity contribution in [1.82, 2.24) is 10.2 Å². The zero-order valence-electron chi connectivity index (χ0n) is 13.8. The SMILES string of the molecule is COc1cccc(OCCNC(=O)N2CCc3ccccc3C2)c1. The van der Waals surface area contributed by atoms with Gasteiger partial charge in [-0.3, -0.25) is 0 Å². The van der Waals surface area contributed by atoms with Crippen LogP contribution in [0.2, 0.25) is 0 Å². The van der Waals surface area contributed by atoms with Crippen LogP contribution in [0, 0.1) is 0 Å². The summed E-state index contributed by atoms with van der Waals surface area (Å²) in [5.74, 6) is 1.49. The van der Waals surface area contributed by atoms with E-state index in [1.54, 1.807) is 7.11 Å². The first kappa shape index (κ1) is 16.2. The second kappa shape index (κ2) is 7.73. The van der Waals surface area contributed by atoms with E-state index in [-0.39, 0.29) is 6.03 Å². The molecule has 0 unspecified atom stereocenters. The summed E-state index contributed by atoms with van der Waals surface area (Å²) in [6.45, 7) is 2.30. The van der Waals surface area contributed by atoms with Crippen LogP contribution in [0.1, 0.15) is 11.1 Å². The lowest BCUT2D eigenvalue weighted by molar-refractivity contribution is 0.189. The number of carbonyl (C=O) groups excluding carboxylic acids is 1.